The van der Waals surface area contributed by atoms with Gasteiger partial charge in [-0.15, -0.1) is 0 Å². The van der Waals surface area contributed by atoms with Crippen molar-refractivity contribution in [3.63, 3.8) is 0 Å². The Morgan fingerprint density at radius 2 is 2.13 bits per heavy atom. The lowest BCUT2D eigenvalue weighted by molar-refractivity contribution is 0.00444. The molecule has 1 aromatic rings. The number of hydrogen-bond acceptors (Lipinski definition) is 4. The molecule has 4 nitrogen and oxygen atoms in total. The summed E-state index contributed by atoms with van der Waals surface area (Å²) >= 11 is 5.71. The zero-order valence-electron chi connectivity index (χ0n) is 8.27. The van der Waals surface area contributed by atoms with Gasteiger partial charge in [-0.3, -0.25) is 0 Å². The van der Waals surface area contributed by atoms with E-state index in [1.807, 2.05) is 0 Å². The minimum absolute atomic E-state index is 0.162. The summed E-state index contributed by atoms with van der Waals surface area (Å²) in [6, 6.07) is 1.56. The highest BCUT2D eigenvalue weighted by Crippen LogP contribution is 2.23. The van der Waals surface area contributed by atoms with E-state index >= 15 is 0 Å². The third kappa shape index (κ3) is 2.79. The summed E-state index contributed by atoms with van der Waals surface area (Å²) in [5.41, 5.74) is 0. The van der Waals surface area contributed by atoms with Gasteiger partial charge in [0.25, 0.3) is 0 Å². The van der Waals surface area contributed by atoms with Crippen molar-refractivity contribution in [2.24, 2.45) is 0 Å². The quantitative estimate of drug-likeness (QED) is 0.785. The highest BCUT2D eigenvalue weighted by atomic mass is 35.5. The number of aliphatic hydroxyl groups excluding tert-OH is 1. The minimum Gasteiger partial charge on any atom is -0.471 e. The van der Waals surface area contributed by atoms with Crippen molar-refractivity contribution < 1.29 is 9.84 Å². The predicted octanol–water partition coefficient (Wildman–Crippen LogP) is 1.81. The molecule has 2 rings (SSSR count). The highest BCUT2D eigenvalue weighted by molar-refractivity contribution is 6.29. The number of aromatic nitrogens is 2. The molecule has 0 saturated heterocycles. The first-order chi connectivity index (χ1) is 7.25. The van der Waals surface area contributed by atoms with Crippen LogP contribution >= 0.6 is 11.6 Å². The smallest absolute Gasteiger partial charge is 0.218 e. The highest BCUT2D eigenvalue weighted by Gasteiger charge is 2.24. The van der Waals surface area contributed by atoms with Crippen molar-refractivity contribution in [3.05, 3.63) is 17.5 Å². The van der Waals surface area contributed by atoms with Crippen LogP contribution in [0.25, 0.3) is 0 Å². The Balaban J connectivity index is 2.01. The van der Waals surface area contributed by atoms with Crippen LogP contribution in [0, 0.1) is 0 Å². The van der Waals surface area contributed by atoms with Crippen molar-refractivity contribution in [1.82, 2.24) is 9.97 Å². The van der Waals surface area contributed by atoms with E-state index < -0.39 is 6.10 Å². The second kappa shape index (κ2) is 4.77. The summed E-state index contributed by atoms with van der Waals surface area (Å²) in [7, 11) is 0. The zero-order chi connectivity index (χ0) is 10.7. The number of aliphatic hydroxyl groups is 1. The molecule has 2 atom stereocenters. The zero-order valence-corrected chi connectivity index (χ0v) is 9.02. The molecule has 1 aliphatic carbocycles. The Hall–Kier alpha value is -0.870. The third-order valence-electron chi connectivity index (χ3n) is 2.55. The van der Waals surface area contributed by atoms with Gasteiger partial charge in [-0.25, -0.2) is 9.97 Å². The van der Waals surface area contributed by atoms with Gasteiger partial charge in [0, 0.05) is 6.07 Å². The van der Waals surface area contributed by atoms with Gasteiger partial charge in [0.05, 0.1) is 6.10 Å². The molecule has 0 aliphatic heterocycles. The van der Waals surface area contributed by atoms with Crippen LogP contribution in [0.3, 0.4) is 0 Å². The summed E-state index contributed by atoms with van der Waals surface area (Å²) in [6.07, 6.45) is 4.60. The normalized spacial score (nSPS) is 26.3. The number of hydrogen-bond donors (Lipinski definition) is 1. The molecule has 1 fully saturated rings. The Labute approximate surface area is 93.3 Å². The summed E-state index contributed by atoms with van der Waals surface area (Å²) in [5.74, 6) is 0.431. The molecular formula is C10H13ClN2O2. The Morgan fingerprint density at radius 3 is 2.87 bits per heavy atom. The van der Waals surface area contributed by atoms with Gasteiger partial charge in [-0.2, -0.15) is 0 Å². The summed E-state index contributed by atoms with van der Waals surface area (Å²) in [4.78, 5) is 7.70. The molecule has 1 aromatic heterocycles. The average Bonchev–Trinajstić information content (AvgIpc) is 2.22. The number of rotatable bonds is 2. The van der Waals surface area contributed by atoms with Crippen molar-refractivity contribution in [2.45, 2.75) is 37.9 Å². The van der Waals surface area contributed by atoms with E-state index in [-0.39, 0.29) is 6.10 Å². The fraction of sp³-hybridized carbons (Fsp3) is 0.600. The molecule has 1 aliphatic rings. The van der Waals surface area contributed by atoms with Crippen molar-refractivity contribution in [1.29, 1.82) is 0 Å². The molecule has 0 bridgehead atoms. The number of halogens is 1. The second-order valence-electron chi connectivity index (χ2n) is 3.69. The fourth-order valence-electron chi connectivity index (χ4n) is 1.75. The van der Waals surface area contributed by atoms with Gasteiger partial charge >= 0.3 is 0 Å². The van der Waals surface area contributed by atoms with Gasteiger partial charge in [0.2, 0.25) is 5.88 Å². The van der Waals surface area contributed by atoms with Crippen LogP contribution in [0.1, 0.15) is 25.7 Å². The first kappa shape index (κ1) is 10.6. The van der Waals surface area contributed by atoms with Gasteiger partial charge < -0.3 is 9.84 Å². The van der Waals surface area contributed by atoms with Crippen molar-refractivity contribution >= 4 is 11.6 Å². The van der Waals surface area contributed by atoms with Crippen LogP contribution in [-0.2, 0) is 0 Å². The van der Waals surface area contributed by atoms with E-state index in [0.717, 1.165) is 25.7 Å². The maximum absolute atomic E-state index is 9.70. The largest absolute Gasteiger partial charge is 0.471 e. The minimum atomic E-state index is -0.396. The average molecular weight is 229 g/mol. The summed E-state index contributed by atoms with van der Waals surface area (Å²) in [6.45, 7) is 0. The van der Waals surface area contributed by atoms with E-state index in [2.05, 4.69) is 9.97 Å². The molecule has 0 aromatic carbocycles. The topological polar surface area (TPSA) is 55.2 Å². The van der Waals surface area contributed by atoms with Crippen LogP contribution in [0.5, 0.6) is 5.88 Å². The van der Waals surface area contributed by atoms with Crippen molar-refractivity contribution in [2.75, 3.05) is 0 Å². The van der Waals surface area contributed by atoms with Gasteiger partial charge in [-0.1, -0.05) is 18.0 Å². The summed E-state index contributed by atoms with van der Waals surface area (Å²) < 4.78 is 5.56. The van der Waals surface area contributed by atoms with E-state index in [4.69, 9.17) is 16.3 Å². The molecule has 0 spiro atoms. The third-order valence-corrected chi connectivity index (χ3v) is 2.76. The van der Waals surface area contributed by atoms with Crippen LogP contribution in [0.4, 0.5) is 0 Å². The molecule has 5 heteroatoms. The van der Waals surface area contributed by atoms with E-state index in [1.165, 1.54) is 6.33 Å². The van der Waals surface area contributed by atoms with Crippen molar-refractivity contribution in [3.8, 4) is 5.88 Å². The molecular weight excluding hydrogens is 216 g/mol. The molecule has 0 radical (unpaired) electrons. The molecule has 1 heterocycles. The molecule has 2 unspecified atom stereocenters. The van der Waals surface area contributed by atoms with Gasteiger partial charge in [-0.05, 0) is 19.3 Å². The molecule has 82 valence electrons. The molecule has 1 N–H and O–H groups in total. The lowest BCUT2D eigenvalue weighted by atomic mass is 9.95. The number of ether oxygens (including phenoxy) is 1. The first-order valence-corrected chi connectivity index (χ1v) is 5.46. The maximum atomic E-state index is 9.70. The Bertz CT molecular complexity index is 335. The van der Waals surface area contributed by atoms with Gasteiger partial charge in [0.1, 0.15) is 17.6 Å². The molecule has 1 saturated carbocycles. The first-order valence-electron chi connectivity index (χ1n) is 5.08. The SMILES string of the molecule is OC1CCCCC1Oc1cc(Cl)ncn1. The van der Waals surface area contributed by atoms with Crippen LogP contribution in [0.15, 0.2) is 12.4 Å². The van der Waals surface area contributed by atoms with Crippen LogP contribution in [-0.4, -0.2) is 27.3 Å². The van der Waals surface area contributed by atoms with E-state index in [9.17, 15) is 5.11 Å². The Morgan fingerprint density at radius 1 is 1.33 bits per heavy atom. The number of nitrogens with zero attached hydrogens (tertiary/aromatic N) is 2. The summed E-state index contributed by atoms with van der Waals surface area (Å²) in [5, 5.41) is 10.1. The molecule has 15 heavy (non-hydrogen) atoms. The lowest BCUT2D eigenvalue weighted by Crippen LogP contribution is -2.34. The fourth-order valence-corrected chi connectivity index (χ4v) is 1.89. The van der Waals surface area contributed by atoms with E-state index in [0.29, 0.717) is 11.0 Å². The second-order valence-corrected chi connectivity index (χ2v) is 4.07. The monoisotopic (exact) mass is 228 g/mol. The Kier molecular flexibility index (Phi) is 3.38. The van der Waals surface area contributed by atoms with Crippen LogP contribution < -0.4 is 4.74 Å². The maximum Gasteiger partial charge on any atom is 0.218 e. The predicted molar refractivity (Wildman–Crippen MR) is 55.9 cm³/mol. The van der Waals surface area contributed by atoms with E-state index in [1.54, 1.807) is 6.07 Å². The molecule has 0 amide bonds. The standard InChI is InChI=1S/C10H13ClN2O2/c11-9-5-10(13-6-12-9)15-8-4-2-1-3-7(8)14/h5-8,14H,1-4H2. The van der Waals surface area contributed by atoms with Crippen LogP contribution in [0.2, 0.25) is 5.15 Å². The lowest BCUT2D eigenvalue weighted by Gasteiger charge is -2.27. The van der Waals surface area contributed by atoms with Gasteiger partial charge in [0.15, 0.2) is 0 Å².